The van der Waals surface area contributed by atoms with Gasteiger partial charge in [-0.05, 0) is 32.8 Å². The Hall–Kier alpha value is -1.62. The Morgan fingerprint density at radius 2 is 2.11 bits per heavy atom. The maximum Gasteiger partial charge on any atom is 0.255 e. The molecule has 1 amide bonds. The molecule has 1 aliphatic heterocycles. The number of likely N-dealkylation sites (tertiary alicyclic amines) is 1. The van der Waals surface area contributed by atoms with Crippen molar-refractivity contribution in [2.24, 2.45) is 0 Å². The van der Waals surface area contributed by atoms with E-state index in [-0.39, 0.29) is 18.1 Å². The van der Waals surface area contributed by atoms with E-state index >= 15 is 0 Å². The quantitative estimate of drug-likeness (QED) is 0.898. The molecule has 0 saturated carbocycles. The van der Waals surface area contributed by atoms with Crippen molar-refractivity contribution >= 4 is 5.91 Å². The van der Waals surface area contributed by atoms with Crippen LogP contribution < -0.4 is 4.74 Å². The number of carbonyl (C=O) groups is 1. The summed E-state index contributed by atoms with van der Waals surface area (Å²) in [5, 5.41) is 9.45. The molecule has 0 aromatic carbocycles. The molecule has 5 heteroatoms. The zero-order chi connectivity index (χ0) is 13.8. The molecule has 5 nitrogen and oxygen atoms in total. The summed E-state index contributed by atoms with van der Waals surface area (Å²) in [5.74, 6) is 0.562. The first kappa shape index (κ1) is 13.8. The molecule has 1 fully saturated rings. The number of rotatable bonds is 3. The Morgan fingerprint density at radius 1 is 1.42 bits per heavy atom. The second-order valence-corrected chi connectivity index (χ2v) is 5.10. The minimum Gasteiger partial charge on any atom is -0.489 e. The summed E-state index contributed by atoms with van der Waals surface area (Å²) in [6.45, 7) is 5.05. The molecule has 104 valence electrons. The van der Waals surface area contributed by atoms with Gasteiger partial charge in [-0.1, -0.05) is 0 Å². The molecule has 0 radical (unpaired) electrons. The van der Waals surface area contributed by atoms with Gasteiger partial charge in [0.15, 0.2) is 0 Å². The average molecular weight is 264 g/mol. The smallest absolute Gasteiger partial charge is 0.255 e. The number of carbonyl (C=O) groups excluding carboxylic acids is 1. The lowest BCUT2D eigenvalue weighted by Gasteiger charge is -2.29. The number of aliphatic hydroxyl groups is 1. The van der Waals surface area contributed by atoms with E-state index < -0.39 is 0 Å². The SMILES string of the molecule is CC(C)Oc1cncc(C(=O)N2CCC(O)CC2)c1. The molecule has 1 aromatic rings. The van der Waals surface area contributed by atoms with Crippen LogP contribution in [0.4, 0.5) is 0 Å². The number of hydrogen-bond acceptors (Lipinski definition) is 4. The van der Waals surface area contributed by atoms with Crippen molar-refractivity contribution in [3.8, 4) is 5.75 Å². The number of aromatic nitrogens is 1. The Kier molecular flexibility index (Phi) is 4.37. The monoisotopic (exact) mass is 264 g/mol. The van der Waals surface area contributed by atoms with Gasteiger partial charge in [-0.25, -0.2) is 0 Å². The molecule has 0 bridgehead atoms. The van der Waals surface area contributed by atoms with Crippen LogP contribution in [0.15, 0.2) is 18.5 Å². The van der Waals surface area contributed by atoms with Crippen molar-refractivity contribution in [1.29, 1.82) is 0 Å². The first-order valence-corrected chi connectivity index (χ1v) is 6.65. The Bertz CT molecular complexity index is 440. The van der Waals surface area contributed by atoms with Crippen molar-refractivity contribution in [2.45, 2.75) is 38.9 Å². The maximum absolute atomic E-state index is 12.3. The van der Waals surface area contributed by atoms with Gasteiger partial charge in [0.2, 0.25) is 0 Å². The molecule has 0 unspecified atom stereocenters. The summed E-state index contributed by atoms with van der Waals surface area (Å²) in [6.07, 6.45) is 4.22. The Balaban J connectivity index is 2.06. The molecule has 1 saturated heterocycles. The van der Waals surface area contributed by atoms with Crippen LogP contribution in [0.1, 0.15) is 37.0 Å². The van der Waals surface area contributed by atoms with E-state index in [1.54, 1.807) is 23.4 Å². The van der Waals surface area contributed by atoms with Crippen LogP contribution in [0.5, 0.6) is 5.75 Å². The van der Waals surface area contributed by atoms with Crippen LogP contribution in [0.3, 0.4) is 0 Å². The van der Waals surface area contributed by atoms with Crippen molar-refractivity contribution < 1.29 is 14.6 Å². The zero-order valence-corrected chi connectivity index (χ0v) is 11.4. The Labute approximate surface area is 113 Å². The third-order valence-corrected chi connectivity index (χ3v) is 3.08. The predicted molar refractivity (Wildman–Crippen MR) is 71.1 cm³/mol. The number of hydrogen-bond donors (Lipinski definition) is 1. The van der Waals surface area contributed by atoms with Crippen LogP contribution in [0, 0.1) is 0 Å². The maximum atomic E-state index is 12.3. The largest absolute Gasteiger partial charge is 0.489 e. The predicted octanol–water partition coefficient (Wildman–Crippen LogP) is 1.47. The van der Waals surface area contributed by atoms with Gasteiger partial charge in [-0.15, -0.1) is 0 Å². The van der Waals surface area contributed by atoms with Crippen molar-refractivity contribution in [3.63, 3.8) is 0 Å². The van der Waals surface area contributed by atoms with Crippen molar-refractivity contribution in [3.05, 3.63) is 24.0 Å². The standard InChI is InChI=1S/C14H20N2O3/c1-10(2)19-13-7-11(8-15-9-13)14(18)16-5-3-12(17)4-6-16/h7-10,12,17H,3-6H2,1-2H3. The van der Waals surface area contributed by atoms with E-state index in [2.05, 4.69) is 4.98 Å². The minimum absolute atomic E-state index is 0.0476. The molecule has 2 rings (SSSR count). The van der Waals surface area contributed by atoms with Gasteiger partial charge < -0.3 is 14.7 Å². The summed E-state index contributed by atoms with van der Waals surface area (Å²) in [7, 11) is 0. The second kappa shape index (κ2) is 6.02. The molecule has 0 spiro atoms. The molecule has 2 heterocycles. The van der Waals surface area contributed by atoms with E-state index in [0.717, 1.165) is 0 Å². The fourth-order valence-electron chi connectivity index (χ4n) is 2.12. The highest BCUT2D eigenvalue weighted by atomic mass is 16.5. The highest BCUT2D eigenvalue weighted by molar-refractivity contribution is 5.94. The summed E-state index contributed by atoms with van der Waals surface area (Å²) in [6, 6.07) is 1.72. The molecular formula is C14H20N2O3. The van der Waals surface area contributed by atoms with Crippen LogP contribution >= 0.6 is 0 Å². The van der Waals surface area contributed by atoms with E-state index in [4.69, 9.17) is 4.74 Å². The lowest BCUT2D eigenvalue weighted by Crippen LogP contribution is -2.40. The average Bonchev–Trinajstić information content (AvgIpc) is 2.38. The molecule has 1 aliphatic rings. The second-order valence-electron chi connectivity index (χ2n) is 5.10. The van der Waals surface area contributed by atoms with Crippen molar-refractivity contribution in [1.82, 2.24) is 9.88 Å². The van der Waals surface area contributed by atoms with Gasteiger partial charge in [0, 0.05) is 19.3 Å². The lowest BCUT2D eigenvalue weighted by molar-refractivity contribution is 0.0545. The van der Waals surface area contributed by atoms with E-state index in [9.17, 15) is 9.90 Å². The molecular weight excluding hydrogens is 244 g/mol. The number of nitrogens with zero attached hydrogens (tertiary/aromatic N) is 2. The van der Waals surface area contributed by atoms with Crippen LogP contribution in [0.25, 0.3) is 0 Å². The number of piperidine rings is 1. The molecule has 1 N–H and O–H groups in total. The van der Waals surface area contributed by atoms with Gasteiger partial charge in [0.05, 0.1) is 24.0 Å². The van der Waals surface area contributed by atoms with E-state index in [1.807, 2.05) is 13.8 Å². The fraction of sp³-hybridized carbons (Fsp3) is 0.571. The van der Waals surface area contributed by atoms with Crippen LogP contribution in [-0.2, 0) is 0 Å². The normalized spacial score (nSPS) is 16.7. The summed E-state index contributed by atoms with van der Waals surface area (Å²) >= 11 is 0. The number of ether oxygens (including phenoxy) is 1. The van der Waals surface area contributed by atoms with Crippen molar-refractivity contribution in [2.75, 3.05) is 13.1 Å². The third kappa shape index (κ3) is 3.67. The van der Waals surface area contributed by atoms with Crippen LogP contribution in [0.2, 0.25) is 0 Å². The van der Waals surface area contributed by atoms with Gasteiger partial charge in [-0.2, -0.15) is 0 Å². The molecule has 1 aromatic heterocycles. The first-order valence-electron chi connectivity index (χ1n) is 6.65. The van der Waals surface area contributed by atoms with Crippen LogP contribution in [-0.4, -0.2) is 46.2 Å². The highest BCUT2D eigenvalue weighted by Gasteiger charge is 2.22. The molecule has 0 atom stereocenters. The van der Waals surface area contributed by atoms with Gasteiger partial charge in [0.1, 0.15) is 5.75 Å². The molecule has 19 heavy (non-hydrogen) atoms. The zero-order valence-electron chi connectivity index (χ0n) is 11.4. The number of amides is 1. The molecule has 0 aliphatic carbocycles. The third-order valence-electron chi connectivity index (χ3n) is 3.08. The fourth-order valence-corrected chi connectivity index (χ4v) is 2.12. The summed E-state index contributed by atoms with van der Waals surface area (Å²) in [5.41, 5.74) is 0.537. The minimum atomic E-state index is -0.280. The highest BCUT2D eigenvalue weighted by Crippen LogP contribution is 2.17. The van der Waals surface area contributed by atoms with Gasteiger partial charge >= 0.3 is 0 Å². The summed E-state index contributed by atoms with van der Waals surface area (Å²) < 4.78 is 5.54. The van der Waals surface area contributed by atoms with E-state index in [1.165, 1.54) is 0 Å². The Morgan fingerprint density at radius 3 is 2.74 bits per heavy atom. The van der Waals surface area contributed by atoms with E-state index in [0.29, 0.717) is 37.2 Å². The first-order chi connectivity index (χ1) is 9.06. The number of aliphatic hydroxyl groups excluding tert-OH is 1. The lowest BCUT2D eigenvalue weighted by atomic mass is 10.1. The summed E-state index contributed by atoms with van der Waals surface area (Å²) in [4.78, 5) is 18.1. The van der Waals surface area contributed by atoms with Gasteiger partial charge in [0.25, 0.3) is 5.91 Å². The number of pyridine rings is 1. The topological polar surface area (TPSA) is 62.7 Å². The van der Waals surface area contributed by atoms with Gasteiger partial charge in [-0.3, -0.25) is 9.78 Å².